The zero-order valence-corrected chi connectivity index (χ0v) is 15.2. The van der Waals surface area contributed by atoms with Crippen molar-refractivity contribution in [2.45, 2.75) is 67.2 Å². The summed E-state index contributed by atoms with van der Waals surface area (Å²) >= 11 is 0. The Morgan fingerprint density at radius 3 is 1.56 bits per heavy atom. The van der Waals surface area contributed by atoms with E-state index in [4.69, 9.17) is 0 Å². The van der Waals surface area contributed by atoms with Crippen LogP contribution in [-0.2, 0) is 4.79 Å². The largest absolute Gasteiger partial charge is 1.00 e. The first-order valence-electron chi connectivity index (χ1n) is 6.73. The van der Waals surface area contributed by atoms with Crippen molar-refractivity contribution >= 4 is 5.78 Å². The average molecular weight is 262 g/mol. The summed E-state index contributed by atoms with van der Waals surface area (Å²) in [5.41, 5.74) is -0.754. The third-order valence-electron chi connectivity index (χ3n) is 4.57. The Labute approximate surface area is 135 Å². The van der Waals surface area contributed by atoms with Crippen molar-refractivity contribution in [1.82, 2.24) is 0 Å². The predicted octanol–water partition coefficient (Wildman–Crippen LogP) is 0.456. The first-order chi connectivity index (χ1) is 7.79. The summed E-state index contributed by atoms with van der Waals surface area (Å²) in [5.74, 6) is -0.0266. The van der Waals surface area contributed by atoms with Crippen LogP contribution in [0.4, 0.5) is 0 Å². The van der Waals surface area contributed by atoms with E-state index in [2.05, 4.69) is 0 Å². The van der Waals surface area contributed by atoms with E-state index in [1.807, 2.05) is 41.5 Å². The molecular formula is C15H27NaO2. The average Bonchev–Trinajstić information content (AvgIpc) is 2.36. The van der Waals surface area contributed by atoms with Crippen molar-refractivity contribution in [1.29, 1.82) is 0 Å². The van der Waals surface area contributed by atoms with Gasteiger partial charge in [0.2, 0.25) is 0 Å². The summed E-state index contributed by atoms with van der Waals surface area (Å²) in [4.78, 5) is 12.1. The molecule has 0 aromatic carbocycles. The second kappa shape index (κ2) is 8.39. The van der Waals surface area contributed by atoms with Gasteiger partial charge in [-0.25, -0.2) is 0 Å². The summed E-state index contributed by atoms with van der Waals surface area (Å²) in [6, 6.07) is 0. The Morgan fingerprint density at radius 2 is 1.28 bits per heavy atom. The predicted molar refractivity (Wildman–Crippen MR) is 70.5 cm³/mol. The molecule has 0 aromatic heterocycles. The fourth-order valence-corrected chi connectivity index (χ4v) is 1.66. The van der Waals surface area contributed by atoms with Gasteiger partial charge < -0.3 is 5.11 Å². The second-order valence-corrected chi connectivity index (χ2v) is 5.41. The van der Waals surface area contributed by atoms with E-state index >= 15 is 0 Å². The molecule has 0 radical (unpaired) electrons. The minimum Gasteiger partial charge on any atom is -0.875 e. The summed E-state index contributed by atoms with van der Waals surface area (Å²) < 4.78 is 0. The van der Waals surface area contributed by atoms with Crippen molar-refractivity contribution in [2.75, 3.05) is 0 Å². The standard InChI is InChI=1S/C15H28O2.Na/c1-7-14(5,8-2)12(16)11-13(17)15(6,9-3)10-4;/h11,16H,7-10H2,1-6H3;/q;+1/p-1/b12-11-;. The van der Waals surface area contributed by atoms with Gasteiger partial charge in [-0.15, -0.1) is 5.76 Å². The fourth-order valence-electron chi connectivity index (χ4n) is 1.66. The number of rotatable bonds is 7. The Morgan fingerprint density at radius 1 is 0.944 bits per heavy atom. The Kier molecular flexibility index (Phi) is 9.57. The van der Waals surface area contributed by atoms with Gasteiger partial charge in [-0.3, -0.25) is 4.79 Å². The molecule has 0 spiro atoms. The Balaban J connectivity index is 0. The molecule has 0 fully saturated rings. The first-order valence-corrected chi connectivity index (χ1v) is 6.73. The number of carbonyl (C=O) groups is 1. The molecule has 0 atom stereocenters. The third-order valence-corrected chi connectivity index (χ3v) is 4.57. The number of allylic oxidation sites excluding steroid dienone is 2. The second-order valence-electron chi connectivity index (χ2n) is 5.41. The van der Waals surface area contributed by atoms with Crippen LogP contribution in [0.5, 0.6) is 0 Å². The molecule has 0 unspecified atom stereocenters. The van der Waals surface area contributed by atoms with Crippen molar-refractivity contribution < 1.29 is 39.5 Å². The Hall–Kier alpha value is 0.210. The fraction of sp³-hybridized carbons (Fsp3) is 0.800. The van der Waals surface area contributed by atoms with Crippen LogP contribution in [0.2, 0.25) is 0 Å². The van der Waals surface area contributed by atoms with Gasteiger partial charge in [-0.2, -0.15) is 0 Å². The van der Waals surface area contributed by atoms with Gasteiger partial charge >= 0.3 is 29.6 Å². The zero-order valence-electron chi connectivity index (χ0n) is 13.2. The minimum atomic E-state index is -0.377. The Bertz CT molecular complexity index is 287. The van der Waals surface area contributed by atoms with Gasteiger partial charge in [-0.1, -0.05) is 41.5 Å². The van der Waals surface area contributed by atoms with Crippen molar-refractivity contribution in [3.05, 3.63) is 11.8 Å². The molecule has 0 aliphatic carbocycles. The van der Waals surface area contributed by atoms with E-state index < -0.39 is 0 Å². The van der Waals surface area contributed by atoms with E-state index in [1.54, 1.807) is 0 Å². The summed E-state index contributed by atoms with van der Waals surface area (Å²) in [6.07, 6.45) is 4.46. The topological polar surface area (TPSA) is 40.1 Å². The maximum Gasteiger partial charge on any atom is 1.00 e. The molecular weight excluding hydrogens is 235 g/mol. The van der Waals surface area contributed by atoms with E-state index in [0.717, 1.165) is 25.7 Å². The van der Waals surface area contributed by atoms with Crippen LogP contribution in [0, 0.1) is 10.8 Å². The van der Waals surface area contributed by atoms with Crippen molar-refractivity contribution in [2.24, 2.45) is 10.8 Å². The van der Waals surface area contributed by atoms with Gasteiger partial charge in [-0.05, 0) is 37.2 Å². The van der Waals surface area contributed by atoms with Gasteiger partial charge in [0, 0.05) is 5.41 Å². The molecule has 3 heteroatoms. The monoisotopic (exact) mass is 262 g/mol. The van der Waals surface area contributed by atoms with Gasteiger partial charge in [0.25, 0.3) is 0 Å². The molecule has 0 aromatic rings. The van der Waals surface area contributed by atoms with Gasteiger partial charge in [0.1, 0.15) is 0 Å². The van der Waals surface area contributed by atoms with E-state index in [9.17, 15) is 9.90 Å². The number of hydrogen-bond acceptors (Lipinski definition) is 2. The molecule has 0 bridgehead atoms. The van der Waals surface area contributed by atoms with Crippen LogP contribution in [0.25, 0.3) is 0 Å². The van der Waals surface area contributed by atoms with Crippen LogP contribution < -0.4 is 34.7 Å². The van der Waals surface area contributed by atoms with E-state index in [1.165, 1.54) is 6.08 Å². The number of hydrogen-bond donors (Lipinski definition) is 0. The molecule has 0 N–H and O–H groups in total. The van der Waals surface area contributed by atoms with Crippen molar-refractivity contribution in [3.63, 3.8) is 0 Å². The van der Waals surface area contributed by atoms with Crippen LogP contribution >= 0.6 is 0 Å². The van der Waals surface area contributed by atoms with Crippen LogP contribution in [-0.4, -0.2) is 5.78 Å². The molecule has 0 aliphatic heterocycles. The minimum absolute atomic E-state index is 0. The maximum atomic E-state index is 12.1. The van der Waals surface area contributed by atoms with Crippen molar-refractivity contribution in [3.8, 4) is 0 Å². The molecule has 0 saturated carbocycles. The summed E-state index contributed by atoms with van der Waals surface area (Å²) in [6.45, 7) is 11.9. The van der Waals surface area contributed by atoms with Gasteiger partial charge in [0.15, 0.2) is 5.78 Å². The normalized spacial score (nSPS) is 13.1. The number of carbonyl (C=O) groups excluding carboxylic acids is 1. The molecule has 0 rings (SSSR count). The zero-order chi connectivity index (χ0) is 13.7. The maximum absolute atomic E-state index is 12.1. The first kappa shape index (κ1) is 20.5. The van der Waals surface area contributed by atoms with E-state index in [-0.39, 0.29) is 51.9 Å². The molecule has 100 valence electrons. The van der Waals surface area contributed by atoms with Crippen LogP contribution in [0.1, 0.15) is 67.2 Å². The molecule has 0 amide bonds. The quantitative estimate of drug-likeness (QED) is 0.380. The smallest absolute Gasteiger partial charge is 0.875 e. The van der Waals surface area contributed by atoms with E-state index in [0.29, 0.717) is 0 Å². The summed E-state index contributed by atoms with van der Waals surface area (Å²) in [5, 5.41) is 12.1. The molecule has 18 heavy (non-hydrogen) atoms. The molecule has 0 aliphatic rings. The van der Waals surface area contributed by atoms with Gasteiger partial charge in [0.05, 0.1) is 0 Å². The molecule has 0 heterocycles. The number of ketones is 1. The molecule has 2 nitrogen and oxygen atoms in total. The molecule has 0 saturated heterocycles. The van der Waals surface area contributed by atoms with Crippen LogP contribution in [0.15, 0.2) is 11.8 Å². The van der Waals surface area contributed by atoms with Crippen LogP contribution in [0.3, 0.4) is 0 Å². The summed E-state index contributed by atoms with van der Waals surface area (Å²) in [7, 11) is 0. The third kappa shape index (κ3) is 4.71. The SMILES string of the molecule is CCC(C)(CC)C(=O)/C=C(\[O-])C(C)(CC)CC.[Na+].